The molecule has 0 amide bonds. The van der Waals surface area contributed by atoms with E-state index in [4.69, 9.17) is 0 Å². The highest BCUT2D eigenvalue weighted by Gasteiger charge is 2.31. The van der Waals surface area contributed by atoms with Crippen LogP contribution in [0.25, 0.3) is 0 Å². The van der Waals surface area contributed by atoms with Gasteiger partial charge in [-0.25, -0.2) is 0 Å². The number of thiophene rings is 1. The zero-order chi connectivity index (χ0) is 13.1. The van der Waals surface area contributed by atoms with Crippen LogP contribution >= 0.6 is 27.3 Å². The molecule has 0 aliphatic rings. The van der Waals surface area contributed by atoms with Crippen LogP contribution in [0.2, 0.25) is 0 Å². The van der Waals surface area contributed by atoms with Gasteiger partial charge in [-0.2, -0.15) is 0 Å². The van der Waals surface area contributed by atoms with Crippen LogP contribution in [0.5, 0.6) is 0 Å². The van der Waals surface area contributed by atoms with Crippen LogP contribution in [-0.4, -0.2) is 37.1 Å². The molecule has 2 nitrogen and oxygen atoms in total. The minimum atomic E-state index is 0.145. The average molecular weight is 319 g/mol. The first-order valence-electron chi connectivity index (χ1n) is 6.03. The van der Waals surface area contributed by atoms with E-state index in [2.05, 4.69) is 73.1 Å². The van der Waals surface area contributed by atoms with Crippen molar-refractivity contribution in [3.63, 3.8) is 0 Å². The summed E-state index contributed by atoms with van der Waals surface area (Å²) in [6.45, 7) is 7.77. The van der Waals surface area contributed by atoms with Crippen molar-refractivity contribution in [3.8, 4) is 0 Å². The molecule has 0 fully saturated rings. The molecule has 0 aliphatic heterocycles. The van der Waals surface area contributed by atoms with E-state index in [0.717, 1.165) is 13.0 Å². The Morgan fingerprint density at radius 3 is 2.47 bits per heavy atom. The third-order valence-corrected chi connectivity index (χ3v) is 5.14. The first kappa shape index (κ1) is 15.2. The van der Waals surface area contributed by atoms with E-state index in [9.17, 15) is 0 Å². The minimum absolute atomic E-state index is 0.145. The van der Waals surface area contributed by atoms with E-state index in [-0.39, 0.29) is 5.54 Å². The van der Waals surface area contributed by atoms with Gasteiger partial charge in [-0.05, 0) is 69.0 Å². The third kappa shape index (κ3) is 4.05. The van der Waals surface area contributed by atoms with Gasteiger partial charge < -0.3 is 10.2 Å². The van der Waals surface area contributed by atoms with E-state index in [0.29, 0.717) is 6.04 Å². The van der Waals surface area contributed by atoms with Gasteiger partial charge in [-0.15, -0.1) is 11.3 Å². The molecule has 1 aromatic heterocycles. The Bertz CT molecular complexity index is 347. The molecular formula is C13H23BrN2S. The molecule has 0 aliphatic carbocycles. The molecule has 0 radical (unpaired) electrons. The first-order chi connectivity index (χ1) is 7.87. The Kier molecular flexibility index (Phi) is 5.64. The molecule has 0 bridgehead atoms. The maximum absolute atomic E-state index is 3.61. The van der Waals surface area contributed by atoms with E-state index < -0.39 is 0 Å². The van der Waals surface area contributed by atoms with Crippen molar-refractivity contribution in [1.29, 1.82) is 0 Å². The van der Waals surface area contributed by atoms with E-state index in [1.807, 2.05) is 11.3 Å². The summed E-state index contributed by atoms with van der Waals surface area (Å²) in [4.78, 5) is 3.72. The Balaban J connectivity index is 2.79. The second-order valence-corrected chi connectivity index (χ2v) is 7.62. The number of halogens is 1. The van der Waals surface area contributed by atoms with Gasteiger partial charge in [0.15, 0.2) is 0 Å². The lowest BCUT2D eigenvalue weighted by atomic mass is 9.90. The molecule has 1 N–H and O–H groups in total. The van der Waals surface area contributed by atoms with Gasteiger partial charge in [0.05, 0.1) is 3.79 Å². The Morgan fingerprint density at radius 1 is 1.41 bits per heavy atom. The number of hydrogen-bond donors (Lipinski definition) is 1. The lowest BCUT2D eigenvalue weighted by Gasteiger charge is -2.40. The molecule has 0 saturated heterocycles. The highest BCUT2D eigenvalue weighted by Crippen LogP contribution is 2.26. The summed E-state index contributed by atoms with van der Waals surface area (Å²) in [6.07, 6.45) is 1.08. The molecule has 1 heterocycles. The molecule has 0 saturated carbocycles. The summed E-state index contributed by atoms with van der Waals surface area (Å²) < 4.78 is 1.21. The lowest BCUT2D eigenvalue weighted by molar-refractivity contribution is 0.138. The molecule has 1 rings (SSSR count). The van der Waals surface area contributed by atoms with Gasteiger partial charge in [-0.1, -0.05) is 6.92 Å². The van der Waals surface area contributed by atoms with Gasteiger partial charge in [0, 0.05) is 16.5 Å². The van der Waals surface area contributed by atoms with Gasteiger partial charge in [0.1, 0.15) is 0 Å². The van der Waals surface area contributed by atoms with Crippen LogP contribution in [0.3, 0.4) is 0 Å². The molecule has 0 spiro atoms. The summed E-state index contributed by atoms with van der Waals surface area (Å²) in [6, 6.07) is 4.81. The second kappa shape index (κ2) is 6.32. The summed E-state index contributed by atoms with van der Waals surface area (Å²) in [5.74, 6) is 0. The van der Waals surface area contributed by atoms with Gasteiger partial charge in [0.2, 0.25) is 0 Å². The van der Waals surface area contributed by atoms with Gasteiger partial charge in [0.25, 0.3) is 0 Å². The van der Waals surface area contributed by atoms with Crippen molar-refractivity contribution in [2.24, 2.45) is 0 Å². The summed E-state index contributed by atoms with van der Waals surface area (Å²) in [5.41, 5.74) is 0.145. The minimum Gasteiger partial charge on any atom is -0.312 e. The second-order valence-electron chi connectivity index (χ2n) is 5.07. The van der Waals surface area contributed by atoms with Gasteiger partial charge >= 0.3 is 0 Å². The topological polar surface area (TPSA) is 15.3 Å². The van der Waals surface area contributed by atoms with Crippen LogP contribution in [-0.2, 0) is 6.42 Å². The fraction of sp³-hybridized carbons (Fsp3) is 0.692. The first-order valence-corrected chi connectivity index (χ1v) is 7.64. The number of nitrogens with zero attached hydrogens (tertiary/aromatic N) is 1. The number of nitrogens with one attached hydrogen (secondary N) is 1. The summed E-state index contributed by atoms with van der Waals surface area (Å²) in [7, 11) is 4.29. The van der Waals surface area contributed by atoms with Crippen molar-refractivity contribution in [2.45, 2.75) is 38.8 Å². The highest BCUT2D eigenvalue weighted by molar-refractivity contribution is 9.11. The fourth-order valence-corrected chi connectivity index (χ4v) is 3.32. The van der Waals surface area contributed by atoms with E-state index >= 15 is 0 Å². The summed E-state index contributed by atoms with van der Waals surface area (Å²) in [5, 5.41) is 3.61. The standard InChI is InChI=1S/C13H23BrN2S/c1-6-15-11(13(2,3)16(4)5)9-10-7-8-12(14)17-10/h7-8,11,15H,6,9H2,1-5H3. The SMILES string of the molecule is CCNC(Cc1ccc(Br)s1)C(C)(C)N(C)C. The Morgan fingerprint density at radius 2 is 2.06 bits per heavy atom. The van der Waals surface area contributed by atoms with E-state index in [1.54, 1.807) is 0 Å². The highest BCUT2D eigenvalue weighted by atomic mass is 79.9. The zero-order valence-corrected chi connectivity index (χ0v) is 13.8. The monoisotopic (exact) mass is 318 g/mol. The predicted molar refractivity (Wildman–Crippen MR) is 81.0 cm³/mol. The zero-order valence-electron chi connectivity index (χ0n) is 11.4. The Labute approximate surface area is 118 Å². The largest absolute Gasteiger partial charge is 0.312 e. The average Bonchev–Trinajstić information content (AvgIpc) is 2.63. The number of hydrogen-bond acceptors (Lipinski definition) is 3. The van der Waals surface area contributed by atoms with Crippen LogP contribution in [0.1, 0.15) is 25.6 Å². The quantitative estimate of drug-likeness (QED) is 0.865. The molecule has 1 aromatic rings. The van der Waals surface area contributed by atoms with Crippen molar-refractivity contribution in [3.05, 3.63) is 20.8 Å². The normalized spacial score (nSPS) is 14.3. The Hall–Kier alpha value is 0.1000. The predicted octanol–water partition coefficient (Wildman–Crippen LogP) is 3.37. The van der Waals surface area contributed by atoms with Crippen LogP contribution in [0.4, 0.5) is 0 Å². The number of likely N-dealkylation sites (N-methyl/N-ethyl adjacent to an activating group) is 2. The third-order valence-electron chi connectivity index (χ3n) is 3.49. The molecule has 98 valence electrons. The molecule has 0 aromatic carbocycles. The van der Waals surface area contributed by atoms with Gasteiger partial charge in [-0.3, -0.25) is 0 Å². The van der Waals surface area contributed by atoms with Crippen molar-refractivity contribution < 1.29 is 0 Å². The fourth-order valence-electron chi connectivity index (χ4n) is 1.79. The van der Waals surface area contributed by atoms with E-state index in [1.165, 1.54) is 8.66 Å². The van der Waals surface area contributed by atoms with Crippen LogP contribution < -0.4 is 5.32 Å². The molecule has 4 heteroatoms. The van der Waals surface area contributed by atoms with Crippen molar-refractivity contribution >= 4 is 27.3 Å². The van der Waals surface area contributed by atoms with Crippen LogP contribution in [0, 0.1) is 0 Å². The van der Waals surface area contributed by atoms with Crippen LogP contribution in [0.15, 0.2) is 15.9 Å². The lowest BCUT2D eigenvalue weighted by Crippen LogP contribution is -2.56. The molecule has 17 heavy (non-hydrogen) atoms. The molecular weight excluding hydrogens is 296 g/mol. The number of rotatable bonds is 6. The smallest absolute Gasteiger partial charge is 0.0701 e. The van der Waals surface area contributed by atoms with Crippen molar-refractivity contribution in [2.75, 3.05) is 20.6 Å². The summed E-state index contributed by atoms with van der Waals surface area (Å²) >= 11 is 5.36. The maximum atomic E-state index is 3.61. The maximum Gasteiger partial charge on any atom is 0.0701 e. The molecule has 1 unspecified atom stereocenters. The van der Waals surface area contributed by atoms with Crippen molar-refractivity contribution in [1.82, 2.24) is 10.2 Å². The molecule has 1 atom stereocenters.